The number of aromatic nitrogens is 1. The van der Waals surface area contributed by atoms with E-state index in [1.54, 1.807) is 6.20 Å². The van der Waals surface area contributed by atoms with Gasteiger partial charge in [0.05, 0.1) is 10.7 Å². The second-order valence-corrected chi connectivity index (χ2v) is 9.85. The van der Waals surface area contributed by atoms with Gasteiger partial charge in [0.15, 0.2) is 11.6 Å². The summed E-state index contributed by atoms with van der Waals surface area (Å²) < 4.78 is 6.28. The van der Waals surface area contributed by atoms with E-state index in [-0.39, 0.29) is 6.10 Å². The molecular weight excluding hydrogens is 448 g/mol. The molecule has 0 amide bonds. The number of nitrogens with zero attached hydrogens (tertiary/aromatic N) is 4. The van der Waals surface area contributed by atoms with E-state index in [1.807, 2.05) is 32.9 Å². The summed E-state index contributed by atoms with van der Waals surface area (Å²) in [6, 6.07) is 6.56. The maximum Gasteiger partial charge on any atom is 0.166 e. The van der Waals surface area contributed by atoms with Crippen molar-refractivity contribution in [1.29, 1.82) is 0 Å². The van der Waals surface area contributed by atoms with E-state index >= 15 is 0 Å². The fourth-order valence-electron chi connectivity index (χ4n) is 4.95. The summed E-state index contributed by atoms with van der Waals surface area (Å²) >= 11 is 6.60. The Bertz CT molecular complexity index is 1030. The van der Waals surface area contributed by atoms with E-state index < -0.39 is 0 Å². The van der Waals surface area contributed by atoms with Gasteiger partial charge in [0, 0.05) is 49.4 Å². The first kappa shape index (κ1) is 24.8. The molecule has 0 saturated carbocycles. The maximum absolute atomic E-state index is 6.60. The predicted octanol–water partition coefficient (Wildman–Crippen LogP) is 4.30. The van der Waals surface area contributed by atoms with Crippen LogP contribution in [0, 0.1) is 13.8 Å². The number of anilines is 1. The van der Waals surface area contributed by atoms with Crippen molar-refractivity contribution in [2.75, 3.05) is 38.5 Å². The van der Waals surface area contributed by atoms with Gasteiger partial charge in [-0.15, -0.1) is 0 Å². The van der Waals surface area contributed by atoms with E-state index in [4.69, 9.17) is 32.9 Å². The van der Waals surface area contributed by atoms with E-state index in [0.29, 0.717) is 17.6 Å². The van der Waals surface area contributed by atoms with Crippen LogP contribution in [-0.4, -0.2) is 59.4 Å². The lowest BCUT2D eigenvalue weighted by Gasteiger charge is -2.35. The number of likely N-dealkylation sites (tertiary alicyclic amines) is 1. The zero-order chi connectivity index (χ0) is 24.2. The number of nitrogens with two attached hydrogens (primary N) is 2. The minimum absolute atomic E-state index is 0.252. The normalized spacial score (nSPS) is 18.3. The number of piperidine rings is 1. The largest absolute Gasteiger partial charge is 0.482 e. The summed E-state index contributed by atoms with van der Waals surface area (Å²) in [5.74, 6) is 0.939. The molecule has 7 nitrogen and oxygen atoms in total. The molecule has 4 N–H and O–H groups in total. The molecule has 0 aliphatic carbocycles. The summed E-state index contributed by atoms with van der Waals surface area (Å²) in [6.45, 7) is 11.1. The van der Waals surface area contributed by atoms with Gasteiger partial charge in [0.25, 0.3) is 0 Å². The number of rotatable bonds is 8. The highest BCUT2D eigenvalue weighted by molar-refractivity contribution is 6.32. The third-order valence-electron chi connectivity index (χ3n) is 7.00. The Kier molecular flexibility index (Phi) is 7.96. The van der Waals surface area contributed by atoms with Gasteiger partial charge in [-0.05, 0) is 70.3 Å². The third kappa shape index (κ3) is 5.48. The number of ether oxygens (including phenoxy) is 1. The van der Waals surface area contributed by atoms with Crippen molar-refractivity contribution in [3.8, 4) is 5.75 Å². The van der Waals surface area contributed by atoms with Crippen LogP contribution in [0.5, 0.6) is 5.75 Å². The highest BCUT2D eigenvalue weighted by Gasteiger charge is 2.28. The standard InChI is InChI=1S/C26H37ClN6O/c1-17-5-6-18(2)25(27)24(17)19(3)34-23-15-20(16-30-26(23)29)22-9-14-33(31-22)21-7-12-32(13-8-21)11-4-10-28/h5-6,15-16,19,21H,4,7-14,28H2,1-3H3,(H2,29,30). The number of hydrogen-bond acceptors (Lipinski definition) is 7. The van der Waals surface area contributed by atoms with Crippen LogP contribution in [0.25, 0.3) is 0 Å². The molecule has 8 heteroatoms. The Morgan fingerprint density at radius 3 is 2.65 bits per heavy atom. The molecule has 1 unspecified atom stereocenters. The molecule has 1 fully saturated rings. The molecule has 34 heavy (non-hydrogen) atoms. The first-order valence-corrected chi connectivity index (χ1v) is 12.7. The van der Waals surface area contributed by atoms with Crippen LogP contribution in [0.2, 0.25) is 5.02 Å². The van der Waals surface area contributed by atoms with Crippen LogP contribution in [0.3, 0.4) is 0 Å². The highest BCUT2D eigenvalue weighted by atomic mass is 35.5. The van der Waals surface area contributed by atoms with Crippen molar-refractivity contribution in [3.63, 3.8) is 0 Å². The Labute approximate surface area is 208 Å². The van der Waals surface area contributed by atoms with Crippen LogP contribution < -0.4 is 16.2 Å². The highest BCUT2D eigenvalue weighted by Crippen LogP contribution is 2.34. The van der Waals surface area contributed by atoms with Gasteiger partial charge in [-0.3, -0.25) is 5.01 Å². The van der Waals surface area contributed by atoms with Crippen molar-refractivity contribution < 1.29 is 4.74 Å². The Morgan fingerprint density at radius 2 is 1.91 bits per heavy atom. The zero-order valence-corrected chi connectivity index (χ0v) is 21.3. The lowest BCUT2D eigenvalue weighted by Crippen LogP contribution is -2.42. The lowest BCUT2D eigenvalue weighted by molar-refractivity contribution is 0.119. The maximum atomic E-state index is 6.60. The quantitative estimate of drug-likeness (QED) is 0.580. The molecule has 184 valence electrons. The minimum atomic E-state index is -0.252. The van der Waals surface area contributed by atoms with Gasteiger partial charge in [-0.2, -0.15) is 5.10 Å². The van der Waals surface area contributed by atoms with Crippen molar-refractivity contribution in [2.24, 2.45) is 10.8 Å². The first-order valence-electron chi connectivity index (χ1n) is 12.3. The first-order chi connectivity index (χ1) is 16.4. The van der Waals surface area contributed by atoms with Crippen LogP contribution in [0.4, 0.5) is 5.82 Å². The summed E-state index contributed by atoms with van der Waals surface area (Å²) in [6.07, 6.45) is 5.80. The number of benzene rings is 1. The van der Waals surface area contributed by atoms with Gasteiger partial charge in [0.1, 0.15) is 6.10 Å². The lowest BCUT2D eigenvalue weighted by atomic mass is 10.0. The van der Waals surface area contributed by atoms with Crippen LogP contribution in [0.1, 0.15) is 61.0 Å². The number of halogens is 1. The molecule has 1 saturated heterocycles. The van der Waals surface area contributed by atoms with Crippen LogP contribution in [-0.2, 0) is 0 Å². The molecule has 1 aromatic carbocycles. The summed E-state index contributed by atoms with van der Waals surface area (Å²) in [4.78, 5) is 6.93. The molecule has 0 bridgehead atoms. The summed E-state index contributed by atoms with van der Waals surface area (Å²) in [7, 11) is 0. The molecule has 2 aliphatic rings. The van der Waals surface area contributed by atoms with Crippen molar-refractivity contribution in [3.05, 3.63) is 51.7 Å². The fourth-order valence-corrected chi connectivity index (χ4v) is 5.32. The van der Waals surface area contributed by atoms with Crippen LogP contribution in [0.15, 0.2) is 29.5 Å². The van der Waals surface area contributed by atoms with E-state index in [1.165, 1.54) is 0 Å². The van der Waals surface area contributed by atoms with E-state index in [2.05, 4.69) is 21.0 Å². The van der Waals surface area contributed by atoms with E-state index in [9.17, 15) is 0 Å². The number of pyridine rings is 1. The number of aryl methyl sites for hydroxylation is 2. The Hall–Kier alpha value is -2.35. The molecule has 2 aliphatic heterocycles. The Balaban J connectivity index is 1.45. The number of hydrazone groups is 1. The third-order valence-corrected chi connectivity index (χ3v) is 7.50. The van der Waals surface area contributed by atoms with Crippen molar-refractivity contribution in [2.45, 2.75) is 58.6 Å². The molecule has 0 spiro atoms. The monoisotopic (exact) mass is 484 g/mol. The summed E-state index contributed by atoms with van der Waals surface area (Å²) in [5.41, 5.74) is 16.9. The van der Waals surface area contributed by atoms with Gasteiger partial charge in [-0.25, -0.2) is 4.98 Å². The predicted molar refractivity (Wildman–Crippen MR) is 140 cm³/mol. The summed E-state index contributed by atoms with van der Waals surface area (Å²) in [5, 5.41) is 7.98. The zero-order valence-electron chi connectivity index (χ0n) is 20.6. The van der Waals surface area contributed by atoms with Gasteiger partial charge in [0.2, 0.25) is 0 Å². The topological polar surface area (TPSA) is 93.0 Å². The van der Waals surface area contributed by atoms with Gasteiger partial charge < -0.3 is 21.1 Å². The van der Waals surface area contributed by atoms with Gasteiger partial charge >= 0.3 is 0 Å². The number of hydrogen-bond donors (Lipinski definition) is 2. The van der Waals surface area contributed by atoms with Crippen molar-refractivity contribution in [1.82, 2.24) is 14.9 Å². The Morgan fingerprint density at radius 1 is 1.18 bits per heavy atom. The molecule has 1 atom stereocenters. The SMILES string of the molecule is Cc1ccc(C)c(C(C)Oc2cc(C3=NN(C4CCN(CCCN)CC4)CC3)cnc2N)c1Cl. The minimum Gasteiger partial charge on any atom is -0.482 e. The number of nitrogen functional groups attached to an aromatic ring is 1. The average molecular weight is 485 g/mol. The molecular formula is C26H37ClN6O. The molecule has 3 heterocycles. The van der Waals surface area contributed by atoms with Gasteiger partial charge in [-0.1, -0.05) is 23.7 Å². The smallest absolute Gasteiger partial charge is 0.166 e. The second kappa shape index (κ2) is 10.9. The van der Waals surface area contributed by atoms with Crippen molar-refractivity contribution >= 4 is 23.1 Å². The second-order valence-electron chi connectivity index (χ2n) is 9.47. The van der Waals surface area contributed by atoms with E-state index in [0.717, 1.165) is 91.4 Å². The molecule has 1 aromatic heterocycles. The van der Waals surface area contributed by atoms with Crippen LogP contribution >= 0.6 is 11.6 Å². The fraction of sp³-hybridized carbons (Fsp3) is 0.538. The molecule has 4 rings (SSSR count). The average Bonchev–Trinajstić information content (AvgIpc) is 3.32. The molecule has 2 aromatic rings. The molecule has 0 radical (unpaired) electrons.